The highest BCUT2D eigenvalue weighted by Crippen LogP contribution is 2.27. The molecule has 25 heavy (non-hydrogen) atoms. The van der Waals surface area contributed by atoms with Crippen LogP contribution in [-0.4, -0.2) is 54.3 Å². The molecule has 0 radical (unpaired) electrons. The number of morpholine rings is 1. The Labute approximate surface area is 157 Å². The summed E-state index contributed by atoms with van der Waals surface area (Å²) in [5, 5.41) is 7.61. The van der Waals surface area contributed by atoms with Crippen LogP contribution >= 0.6 is 23.2 Å². The van der Waals surface area contributed by atoms with Gasteiger partial charge >= 0.3 is 0 Å². The number of nitrogens with one attached hydrogen (secondary N) is 2. The first-order chi connectivity index (χ1) is 12.1. The summed E-state index contributed by atoms with van der Waals surface area (Å²) in [6, 6.07) is 7.19. The highest BCUT2D eigenvalue weighted by molar-refractivity contribution is 6.36. The van der Waals surface area contributed by atoms with Gasteiger partial charge in [0.25, 0.3) is 0 Å². The van der Waals surface area contributed by atoms with Gasteiger partial charge in [-0.1, -0.05) is 23.2 Å². The number of anilines is 3. The summed E-state index contributed by atoms with van der Waals surface area (Å²) in [6.07, 6.45) is 0. The molecule has 1 fully saturated rings. The second-order valence-corrected chi connectivity index (χ2v) is 6.69. The topological polar surface area (TPSA) is 62.3 Å². The van der Waals surface area contributed by atoms with Gasteiger partial charge in [0.1, 0.15) is 5.82 Å². The van der Waals surface area contributed by atoms with E-state index in [9.17, 15) is 0 Å². The van der Waals surface area contributed by atoms with Crippen LogP contribution in [0.3, 0.4) is 0 Å². The Bertz CT molecular complexity index is 722. The third-order valence-electron chi connectivity index (χ3n) is 3.87. The smallest absolute Gasteiger partial charge is 0.229 e. The summed E-state index contributed by atoms with van der Waals surface area (Å²) in [7, 11) is 0. The van der Waals surface area contributed by atoms with Crippen LogP contribution in [0.15, 0.2) is 24.3 Å². The van der Waals surface area contributed by atoms with E-state index in [1.807, 2.05) is 19.1 Å². The Hall–Kier alpha value is -1.60. The van der Waals surface area contributed by atoms with Crippen LogP contribution in [0, 0.1) is 6.92 Å². The van der Waals surface area contributed by atoms with Crippen LogP contribution in [0.1, 0.15) is 5.69 Å². The average molecular weight is 382 g/mol. The Morgan fingerprint density at radius 2 is 1.96 bits per heavy atom. The number of halogens is 2. The lowest BCUT2D eigenvalue weighted by molar-refractivity contribution is 0.0398. The number of hydrogen-bond donors (Lipinski definition) is 2. The summed E-state index contributed by atoms with van der Waals surface area (Å²) in [4.78, 5) is 11.3. The maximum Gasteiger partial charge on any atom is 0.229 e. The second kappa shape index (κ2) is 8.67. The third-order valence-corrected chi connectivity index (χ3v) is 4.42. The lowest BCUT2D eigenvalue weighted by Crippen LogP contribution is -2.39. The molecule has 0 saturated carbocycles. The molecule has 1 aromatic heterocycles. The SMILES string of the molecule is Cc1cc(NCCN2CCOCC2)nc(Nc2ccc(Cl)cc2Cl)n1. The van der Waals surface area contributed by atoms with Crippen molar-refractivity contribution in [1.82, 2.24) is 14.9 Å². The van der Waals surface area contributed by atoms with Crippen molar-refractivity contribution in [2.24, 2.45) is 0 Å². The fourth-order valence-corrected chi connectivity index (χ4v) is 3.05. The lowest BCUT2D eigenvalue weighted by Gasteiger charge is -2.26. The van der Waals surface area contributed by atoms with Crippen molar-refractivity contribution in [3.63, 3.8) is 0 Å². The number of hydrogen-bond acceptors (Lipinski definition) is 6. The van der Waals surface area contributed by atoms with E-state index < -0.39 is 0 Å². The number of benzene rings is 1. The van der Waals surface area contributed by atoms with Crippen LogP contribution in [0.5, 0.6) is 0 Å². The van der Waals surface area contributed by atoms with E-state index in [4.69, 9.17) is 27.9 Å². The molecule has 0 atom stereocenters. The molecule has 0 bridgehead atoms. The van der Waals surface area contributed by atoms with Gasteiger partial charge < -0.3 is 15.4 Å². The van der Waals surface area contributed by atoms with Crippen molar-refractivity contribution >= 4 is 40.7 Å². The van der Waals surface area contributed by atoms with Crippen LogP contribution in [0.25, 0.3) is 0 Å². The first-order valence-corrected chi connectivity index (χ1v) is 8.97. The van der Waals surface area contributed by atoms with Crippen molar-refractivity contribution < 1.29 is 4.74 Å². The van der Waals surface area contributed by atoms with E-state index in [1.165, 1.54) is 0 Å². The van der Waals surface area contributed by atoms with Crippen molar-refractivity contribution in [1.29, 1.82) is 0 Å². The molecule has 134 valence electrons. The molecule has 2 N–H and O–H groups in total. The Kier molecular flexibility index (Phi) is 6.31. The van der Waals surface area contributed by atoms with Gasteiger partial charge in [0.15, 0.2) is 0 Å². The van der Waals surface area contributed by atoms with Crippen LogP contribution in [0.4, 0.5) is 17.5 Å². The van der Waals surface area contributed by atoms with Gasteiger partial charge in [-0.15, -0.1) is 0 Å². The van der Waals surface area contributed by atoms with Crippen molar-refractivity contribution in [3.8, 4) is 0 Å². The Morgan fingerprint density at radius 3 is 2.72 bits per heavy atom. The minimum absolute atomic E-state index is 0.498. The van der Waals surface area contributed by atoms with Gasteiger partial charge in [-0.2, -0.15) is 4.98 Å². The summed E-state index contributed by atoms with van der Waals surface area (Å²) in [5.41, 5.74) is 1.59. The van der Waals surface area contributed by atoms with Gasteiger partial charge in [0.2, 0.25) is 5.95 Å². The minimum atomic E-state index is 0.498. The van der Waals surface area contributed by atoms with Crippen LogP contribution in [0.2, 0.25) is 10.0 Å². The highest BCUT2D eigenvalue weighted by Gasteiger charge is 2.10. The van der Waals surface area contributed by atoms with E-state index in [2.05, 4.69) is 25.5 Å². The molecule has 8 heteroatoms. The number of nitrogens with zero attached hydrogens (tertiary/aromatic N) is 3. The van der Waals surface area contributed by atoms with E-state index in [-0.39, 0.29) is 0 Å². The maximum absolute atomic E-state index is 6.19. The van der Waals surface area contributed by atoms with Crippen molar-refractivity contribution in [2.45, 2.75) is 6.92 Å². The average Bonchev–Trinajstić information content (AvgIpc) is 2.58. The maximum atomic E-state index is 6.19. The van der Waals surface area contributed by atoms with Gasteiger partial charge in [-0.3, -0.25) is 4.90 Å². The van der Waals surface area contributed by atoms with E-state index >= 15 is 0 Å². The molecule has 2 aromatic rings. The summed E-state index contributed by atoms with van der Waals surface area (Å²) in [5.74, 6) is 1.28. The summed E-state index contributed by atoms with van der Waals surface area (Å²) >= 11 is 12.1. The molecule has 0 aliphatic carbocycles. The third kappa shape index (κ3) is 5.44. The van der Waals surface area contributed by atoms with Crippen molar-refractivity contribution in [3.05, 3.63) is 40.0 Å². The molecule has 1 aliphatic rings. The Morgan fingerprint density at radius 1 is 1.16 bits per heavy atom. The first kappa shape index (κ1) is 18.2. The van der Waals surface area contributed by atoms with Gasteiger partial charge in [-0.25, -0.2) is 4.98 Å². The molecule has 1 aliphatic heterocycles. The molecule has 0 unspecified atom stereocenters. The zero-order chi connectivity index (χ0) is 17.6. The number of aryl methyl sites for hydroxylation is 1. The highest BCUT2D eigenvalue weighted by atomic mass is 35.5. The van der Waals surface area contributed by atoms with Crippen LogP contribution in [-0.2, 0) is 4.74 Å². The fraction of sp³-hybridized carbons (Fsp3) is 0.412. The zero-order valence-electron chi connectivity index (χ0n) is 14.1. The van der Waals surface area contributed by atoms with Gasteiger partial charge in [0.05, 0.1) is 23.9 Å². The normalized spacial score (nSPS) is 15.2. The van der Waals surface area contributed by atoms with E-state index in [0.29, 0.717) is 16.0 Å². The summed E-state index contributed by atoms with van der Waals surface area (Å²) < 4.78 is 5.36. The molecular formula is C17H21Cl2N5O. The summed E-state index contributed by atoms with van der Waals surface area (Å²) in [6.45, 7) is 7.28. The lowest BCUT2D eigenvalue weighted by atomic mass is 10.3. The second-order valence-electron chi connectivity index (χ2n) is 5.85. The Balaban J connectivity index is 1.61. The minimum Gasteiger partial charge on any atom is -0.379 e. The molecule has 0 amide bonds. The quantitative estimate of drug-likeness (QED) is 0.797. The monoisotopic (exact) mass is 381 g/mol. The standard InChI is InChI=1S/C17H21Cl2N5O/c1-12-10-16(20-4-5-24-6-8-25-9-7-24)23-17(21-12)22-15-3-2-13(18)11-14(15)19/h2-3,10-11H,4-9H2,1H3,(H2,20,21,22,23). The van der Waals surface area contributed by atoms with Gasteiger partial charge in [-0.05, 0) is 25.1 Å². The zero-order valence-corrected chi connectivity index (χ0v) is 15.6. The molecule has 1 saturated heterocycles. The van der Waals surface area contributed by atoms with Crippen LogP contribution < -0.4 is 10.6 Å². The number of ether oxygens (including phenoxy) is 1. The molecule has 0 spiro atoms. The van der Waals surface area contributed by atoms with E-state index in [1.54, 1.807) is 12.1 Å². The molecule has 2 heterocycles. The molecular weight excluding hydrogens is 361 g/mol. The fourth-order valence-electron chi connectivity index (χ4n) is 2.59. The van der Waals surface area contributed by atoms with E-state index in [0.717, 1.165) is 56.6 Å². The number of aromatic nitrogens is 2. The van der Waals surface area contributed by atoms with Gasteiger partial charge in [0, 0.05) is 43.0 Å². The predicted octanol–water partition coefficient (Wildman–Crippen LogP) is 3.58. The molecule has 6 nitrogen and oxygen atoms in total. The molecule has 1 aromatic carbocycles. The van der Waals surface area contributed by atoms with Crippen molar-refractivity contribution in [2.75, 3.05) is 50.0 Å². The largest absolute Gasteiger partial charge is 0.379 e. The molecule has 3 rings (SSSR count). The predicted molar refractivity (Wildman–Crippen MR) is 102 cm³/mol. The number of rotatable bonds is 6. The first-order valence-electron chi connectivity index (χ1n) is 8.22.